The number of anilines is 1. The van der Waals surface area contributed by atoms with Crippen LogP contribution in [0, 0.1) is 0 Å². The van der Waals surface area contributed by atoms with Gasteiger partial charge in [0.1, 0.15) is 11.9 Å². The lowest BCUT2D eigenvalue weighted by Crippen LogP contribution is -2.32. The van der Waals surface area contributed by atoms with Crippen molar-refractivity contribution in [2.75, 3.05) is 5.32 Å². The number of aryl methyl sites for hydroxylation is 2. The Labute approximate surface area is 151 Å². The predicted octanol–water partition coefficient (Wildman–Crippen LogP) is 2.59. The fraction of sp³-hybridized carbons (Fsp3) is 0.263. The van der Waals surface area contributed by atoms with E-state index >= 15 is 0 Å². The van der Waals surface area contributed by atoms with E-state index in [0.29, 0.717) is 17.5 Å². The van der Waals surface area contributed by atoms with Gasteiger partial charge in [0, 0.05) is 12.6 Å². The molecule has 2 aromatic heterocycles. The first-order chi connectivity index (χ1) is 12.6. The van der Waals surface area contributed by atoms with Gasteiger partial charge in [-0.1, -0.05) is 35.5 Å². The fourth-order valence-electron chi connectivity index (χ4n) is 2.47. The third-order valence-corrected chi connectivity index (χ3v) is 3.98. The Balaban J connectivity index is 1.56. The van der Waals surface area contributed by atoms with E-state index in [4.69, 9.17) is 10.3 Å². The summed E-state index contributed by atoms with van der Waals surface area (Å²) in [5.74, 6) is 1.23. The first kappa shape index (κ1) is 17.6. The molecule has 0 saturated carbocycles. The molecule has 1 aromatic carbocycles. The van der Waals surface area contributed by atoms with Crippen molar-refractivity contribution in [2.45, 2.75) is 32.2 Å². The van der Waals surface area contributed by atoms with E-state index in [1.807, 2.05) is 24.3 Å². The zero-order valence-corrected chi connectivity index (χ0v) is 14.6. The van der Waals surface area contributed by atoms with Gasteiger partial charge in [-0.25, -0.2) is 4.98 Å². The molecule has 26 heavy (non-hydrogen) atoms. The molecule has 0 bridgehead atoms. The molecule has 0 fully saturated rings. The van der Waals surface area contributed by atoms with Crippen molar-refractivity contribution >= 4 is 11.7 Å². The largest absolute Gasteiger partial charge is 0.368 e. The molecule has 134 valence electrons. The quantitative estimate of drug-likeness (QED) is 0.646. The number of hydrogen-bond acceptors (Lipinski definition) is 6. The summed E-state index contributed by atoms with van der Waals surface area (Å²) in [6.45, 7) is 1.68. The lowest BCUT2D eigenvalue weighted by molar-refractivity contribution is -0.118. The Bertz CT molecular complexity index is 846. The Morgan fingerprint density at radius 3 is 2.69 bits per heavy atom. The van der Waals surface area contributed by atoms with E-state index in [2.05, 4.69) is 32.6 Å². The number of aromatic nitrogens is 3. The third-order valence-electron chi connectivity index (χ3n) is 3.98. The molecule has 2 heterocycles. The molecule has 0 radical (unpaired) electrons. The van der Waals surface area contributed by atoms with Crippen LogP contribution in [0.3, 0.4) is 0 Å². The zero-order chi connectivity index (χ0) is 18.4. The van der Waals surface area contributed by atoms with Gasteiger partial charge in [-0.15, -0.1) is 0 Å². The van der Waals surface area contributed by atoms with Crippen molar-refractivity contribution in [2.24, 2.45) is 5.73 Å². The number of nitrogens with zero attached hydrogens (tertiary/aromatic N) is 3. The summed E-state index contributed by atoms with van der Waals surface area (Å²) in [7, 11) is 0. The van der Waals surface area contributed by atoms with E-state index in [9.17, 15) is 4.79 Å². The molecule has 0 spiro atoms. The molecule has 1 amide bonds. The molecule has 1 atom stereocenters. The predicted molar refractivity (Wildman–Crippen MR) is 98.3 cm³/mol. The fourth-order valence-corrected chi connectivity index (χ4v) is 2.47. The number of rotatable bonds is 8. The number of pyridine rings is 1. The topological polar surface area (TPSA) is 107 Å². The van der Waals surface area contributed by atoms with Gasteiger partial charge < -0.3 is 15.6 Å². The summed E-state index contributed by atoms with van der Waals surface area (Å²) in [4.78, 5) is 19.7. The molecule has 0 aliphatic carbocycles. The minimum atomic E-state index is -0.493. The monoisotopic (exact) mass is 351 g/mol. The van der Waals surface area contributed by atoms with Crippen LogP contribution in [0.25, 0.3) is 11.5 Å². The van der Waals surface area contributed by atoms with Crippen molar-refractivity contribution in [1.82, 2.24) is 15.1 Å². The summed E-state index contributed by atoms with van der Waals surface area (Å²) in [6, 6.07) is 13.4. The standard InChI is InChI=1S/C19H21N5O2/c1-13(18(20)25)22-16-11-10-15(12-21-16)19-23-17(24-26-19)9-5-8-14-6-3-2-4-7-14/h2-4,6-7,10-13H,5,8-9H2,1H3,(H2,20,25)(H,21,22)/t13-/m1/s1. The average molecular weight is 351 g/mol. The van der Waals surface area contributed by atoms with Gasteiger partial charge in [0.25, 0.3) is 5.89 Å². The summed E-state index contributed by atoms with van der Waals surface area (Å²) in [5.41, 5.74) is 7.25. The van der Waals surface area contributed by atoms with E-state index in [-0.39, 0.29) is 0 Å². The maximum Gasteiger partial charge on any atom is 0.259 e. The van der Waals surface area contributed by atoms with Crippen LogP contribution in [0.5, 0.6) is 0 Å². The normalized spacial score (nSPS) is 11.9. The van der Waals surface area contributed by atoms with E-state index in [1.165, 1.54) is 5.56 Å². The molecule has 7 heteroatoms. The molecular formula is C19H21N5O2. The SMILES string of the molecule is C[C@@H](Nc1ccc(-c2nc(CCCc3ccccc3)no2)cn1)C(N)=O. The van der Waals surface area contributed by atoms with Crippen LogP contribution >= 0.6 is 0 Å². The smallest absolute Gasteiger partial charge is 0.259 e. The van der Waals surface area contributed by atoms with Gasteiger partial charge >= 0.3 is 0 Å². The average Bonchev–Trinajstić information content (AvgIpc) is 3.12. The van der Waals surface area contributed by atoms with Gasteiger partial charge in [-0.3, -0.25) is 4.79 Å². The van der Waals surface area contributed by atoms with Gasteiger partial charge in [-0.05, 0) is 37.5 Å². The van der Waals surface area contributed by atoms with E-state index in [0.717, 1.165) is 24.8 Å². The molecule has 7 nitrogen and oxygen atoms in total. The van der Waals surface area contributed by atoms with E-state index in [1.54, 1.807) is 19.2 Å². The first-order valence-corrected chi connectivity index (χ1v) is 8.50. The third kappa shape index (κ3) is 4.66. The molecular weight excluding hydrogens is 330 g/mol. The second-order valence-corrected chi connectivity index (χ2v) is 6.06. The minimum Gasteiger partial charge on any atom is -0.368 e. The number of nitrogens with one attached hydrogen (secondary N) is 1. The first-order valence-electron chi connectivity index (χ1n) is 8.50. The molecule has 0 unspecified atom stereocenters. The van der Waals surface area contributed by atoms with Crippen LogP contribution < -0.4 is 11.1 Å². The molecule has 3 N–H and O–H groups in total. The van der Waals surface area contributed by atoms with Crippen LogP contribution in [-0.2, 0) is 17.6 Å². The van der Waals surface area contributed by atoms with Crippen LogP contribution in [0.15, 0.2) is 53.2 Å². The maximum atomic E-state index is 11.1. The van der Waals surface area contributed by atoms with Crippen molar-refractivity contribution < 1.29 is 9.32 Å². The minimum absolute atomic E-state index is 0.432. The number of carbonyl (C=O) groups excluding carboxylic acids is 1. The Hall–Kier alpha value is -3.22. The number of amides is 1. The summed E-state index contributed by atoms with van der Waals surface area (Å²) in [5, 5.41) is 6.94. The van der Waals surface area contributed by atoms with Crippen molar-refractivity contribution in [3.8, 4) is 11.5 Å². The van der Waals surface area contributed by atoms with Crippen molar-refractivity contribution in [1.29, 1.82) is 0 Å². The van der Waals surface area contributed by atoms with Crippen LogP contribution in [-0.4, -0.2) is 27.1 Å². The van der Waals surface area contributed by atoms with Crippen LogP contribution in [0.2, 0.25) is 0 Å². The Kier molecular flexibility index (Phi) is 5.58. The van der Waals surface area contributed by atoms with Gasteiger partial charge in [0.2, 0.25) is 5.91 Å². The lowest BCUT2D eigenvalue weighted by atomic mass is 10.1. The second-order valence-electron chi connectivity index (χ2n) is 6.06. The van der Waals surface area contributed by atoms with Gasteiger partial charge in [0.15, 0.2) is 5.82 Å². The Morgan fingerprint density at radius 2 is 2.00 bits per heavy atom. The highest BCUT2D eigenvalue weighted by Crippen LogP contribution is 2.18. The number of hydrogen-bond donors (Lipinski definition) is 2. The van der Waals surface area contributed by atoms with Crippen molar-refractivity contribution in [3.05, 3.63) is 60.0 Å². The van der Waals surface area contributed by atoms with Crippen molar-refractivity contribution in [3.63, 3.8) is 0 Å². The number of benzene rings is 1. The van der Waals surface area contributed by atoms with Gasteiger partial charge in [0.05, 0.1) is 5.56 Å². The second kappa shape index (κ2) is 8.24. The number of nitrogens with two attached hydrogens (primary N) is 1. The van der Waals surface area contributed by atoms with E-state index < -0.39 is 11.9 Å². The summed E-state index contributed by atoms with van der Waals surface area (Å²) < 4.78 is 5.32. The highest BCUT2D eigenvalue weighted by Gasteiger charge is 2.11. The highest BCUT2D eigenvalue weighted by molar-refractivity contribution is 5.82. The number of carbonyl (C=O) groups is 1. The highest BCUT2D eigenvalue weighted by atomic mass is 16.5. The molecule has 3 rings (SSSR count). The lowest BCUT2D eigenvalue weighted by Gasteiger charge is -2.10. The molecule has 3 aromatic rings. The summed E-state index contributed by atoms with van der Waals surface area (Å²) >= 11 is 0. The van der Waals surface area contributed by atoms with Crippen LogP contribution in [0.1, 0.15) is 24.7 Å². The molecule has 0 saturated heterocycles. The number of primary amides is 1. The maximum absolute atomic E-state index is 11.1. The van der Waals surface area contributed by atoms with Gasteiger partial charge in [-0.2, -0.15) is 4.98 Å². The molecule has 0 aliphatic rings. The zero-order valence-electron chi connectivity index (χ0n) is 14.6. The molecule has 0 aliphatic heterocycles. The van der Waals surface area contributed by atoms with Crippen LogP contribution in [0.4, 0.5) is 5.82 Å². The summed E-state index contributed by atoms with van der Waals surface area (Å²) in [6.07, 6.45) is 4.30. The Morgan fingerprint density at radius 1 is 1.19 bits per heavy atom.